The molecule has 1 atom stereocenters. The van der Waals surface area contributed by atoms with Crippen molar-refractivity contribution in [3.63, 3.8) is 0 Å². The SMILES string of the molecule is Cc1ccc(-c2cccc(P)c2-c2ccc(C)cc2)cc1. The van der Waals surface area contributed by atoms with E-state index in [2.05, 4.69) is 89.8 Å². The Bertz CT molecular complexity index is 753. The van der Waals surface area contributed by atoms with E-state index in [-0.39, 0.29) is 0 Å². The molecule has 0 aliphatic carbocycles. The second kappa shape index (κ2) is 5.84. The van der Waals surface area contributed by atoms with Gasteiger partial charge in [-0.05, 0) is 41.4 Å². The van der Waals surface area contributed by atoms with Gasteiger partial charge in [-0.2, -0.15) is 0 Å². The van der Waals surface area contributed by atoms with E-state index in [1.54, 1.807) is 0 Å². The first-order chi connectivity index (χ1) is 10.1. The van der Waals surface area contributed by atoms with E-state index >= 15 is 0 Å². The standard InChI is InChI=1S/C20H19P/c1-14-6-10-16(11-7-14)18-4-3-5-19(21)20(18)17-12-8-15(2)9-13-17/h3-13H,21H2,1-2H3. The third kappa shape index (κ3) is 2.91. The Hall–Kier alpha value is -1.91. The maximum absolute atomic E-state index is 2.87. The molecule has 0 heterocycles. The predicted molar refractivity (Wildman–Crippen MR) is 96.1 cm³/mol. The molecular formula is C20H19P. The van der Waals surface area contributed by atoms with Gasteiger partial charge in [0, 0.05) is 0 Å². The molecule has 0 saturated carbocycles. The fourth-order valence-electron chi connectivity index (χ4n) is 2.59. The molecule has 0 aliphatic rings. The lowest BCUT2D eigenvalue weighted by Crippen LogP contribution is -1.99. The summed E-state index contributed by atoms with van der Waals surface area (Å²) in [5.74, 6) is 0. The van der Waals surface area contributed by atoms with Crippen LogP contribution in [0.2, 0.25) is 0 Å². The van der Waals surface area contributed by atoms with E-state index in [1.807, 2.05) is 0 Å². The lowest BCUT2D eigenvalue weighted by Gasteiger charge is -2.14. The van der Waals surface area contributed by atoms with Crippen molar-refractivity contribution in [3.8, 4) is 22.3 Å². The van der Waals surface area contributed by atoms with Gasteiger partial charge in [0.25, 0.3) is 0 Å². The molecule has 0 aromatic heterocycles. The van der Waals surface area contributed by atoms with E-state index < -0.39 is 0 Å². The van der Waals surface area contributed by atoms with Gasteiger partial charge in [0.2, 0.25) is 0 Å². The van der Waals surface area contributed by atoms with Crippen molar-refractivity contribution in [1.82, 2.24) is 0 Å². The Morgan fingerprint density at radius 2 is 1.14 bits per heavy atom. The largest absolute Gasteiger partial charge is 0.105 e. The summed E-state index contributed by atoms with van der Waals surface area (Å²) in [5.41, 5.74) is 7.69. The molecule has 0 amide bonds. The van der Waals surface area contributed by atoms with Crippen LogP contribution < -0.4 is 5.30 Å². The van der Waals surface area contributed by atoms with Crippen LogP contribution in [-0.4, -0.2) is 0 Å². The fraction of sp³-hybridized carbons (Fsp3) is 0.100. The zero-order valence-electron chi connectivity index (χ0n) is 12.4. The van der Waals surface area contributed by atoms with Gasteiger partial charge >= 0.3 is 0 Å². The first-order valence-corrected chi connectivity index (χ1v) is 7.75. The van der Waals surface area contributed by atoms with Crippen LogP contribution >= 0.6 is 9.24 Å². The zero-order chi connectivity index (χ0) is 14.8. The van der Waals surface area contributed by atoms with Gasteiger partial charge in [-0.1, -0.05) is 77.9 Å². The topological polar surface area (TPSA) is 0 Å². The zero-order valence-corrected chi connectivity index (χ0v) is 13.6. The molecule has 0 aliphatic heterocycles. The lowest BCUT2D eigenvalue weighted by atomic mass is 9.93. The van der Waals surface area contributed by atoms with Crippen LogP contribution in [0.15, 0.2) is 66.7 Å². The van der Waals surface area contributed by atoms with Crippen molar-refractivity contribution in [3.05, 3.63) is 77.9 Å². The number of rotatable bonds is 2. The quantitative estimate of drug-likeness (QED) is 0.573. The Labute approximate surface area is 129 Å². The van der Waals surface area contributed by atoms with Crippen molar-refractivity contribution in [2.24, 2.45) is 0 Å². The lowest BCUT2D eigenvalue weighted by molar-refractivity contribution is 1.46. The Kier molecular flexibility index (Phi) is 3.90. The maximum Gasteiger partial charge on any atom is -0.00337 e. The summed E-state index contributed by atoms with van der Waals surface area (Å²) in [6, 6.07) is 24.0. The van der Waals surface area contributed by atoms with Gasteiger partial charge in [-0.25, -0.2) is 0 Å². The molecule has 21 heavy (non-hydrogen) atoms. The highest BCUT2D eigenvalue weighted by molar-refractivity contribution is 7.28. The summed E-state index contributed by atoms with van der Waals surface area (Å²) in [6.45, 7) is 4.24. The first kappa shape index (κ1) is 14.0. The van der Waals surface area contributed by atoms with Crippen molar-refractivity contribution in [2.45, 2.75) is 13.8 Å². The highest BCUT2D eigenvalue weighted by atomic mass is 31.0. The average Bonchev–Trinajstić information content (AvgIpc) is 2.49. The molecule has 1 heteroatoms. The van der Waals surface area contributed by atoms with Crippen LogP contribution in [0.1, 0.15) is 11.1 Å². The van der Waals surface area contributed by atoms with Crippen LogP contribution in [0, 0.1) is 13.8 Å². The van der Waals surface area contributed by atoms with E-state index in [9.17, 15) is 0 Å². The second-order valence-corrected chi connectivity index (χ2v) is 6.12. The first-order valence-electron chi connectivity index (χ1n) is 7.18. The normalized spacial score (nSPS) is 10.6. The maximum atomic E-state index is 2.87. The third-order valence-corrected chi connectivity index (χ3v) is 4.28. The molecule has 0 N–H and O–H groups in total. The molecule has 3 aromatic rings. The molecule has 0 radical (unpaired) electrons. The van der Waals surface area contributed by atoms with Gasteiger partial charge < -0.3 is 0 Å². The summed E-state index contributed by atoms with van der Waals surface area (Å²) in [4.78, 5) is 0. The molecule has 3 rings (SSSR count). The van der Waals surface area contributed by atoms with Crippen molar-refractivity contribution < 1.29 is 0 Å². The minimum Gasteiger partial charge on any atom is -0.105 e. The highest BCUT2D eigenvalue weighted by Gasteiger charge is 2.09. The molecule has 1 unspecified atom stereocenters. The van der Waals surface area contributed by atoms with Crippen molar-refractivity contribution in [1.29, 1.82) is 0 Å². The molecule has 3 aromatic carbocycles. The smallest absolute Gasteiger partial charge is 0.00337 e. The minimum absolute atomic E-state index is 1.23. The highest BCUT2D eigenvalue weighted by Crippen LogP contribution is 2.32. The van der Waals surface area contributed by atoms with E-state index in [0.717, 1.165) is 0 Å². The van der Waals surface area contributed by atoms with Gasteiger partial charge in [0.15, 0.2) is 0 Å². The van der Waals surface area contributed by atoms with Crippen LogP contribution in [0.5, 0.6) is 0 Å². The Morgan fingerprint density at radius 1 is 0.619 bits per heavy atom. The molecule has 0 bridgehead atoms. The molecule has 0 saturated heterocycles. The summed E-state index contributed by atoms with van der Waals surface area (Å²) >= 11 is 0. The monoisotopic (exact) mass is 290 g/mol. The predicted octanol–water partition coefficient (Wildman–Crippen LogP) is 5.14. The van der Waals surface area contributed by atoms with Crippen LogP contribution in [0.4, 0.5) is 0 Å². The fourth-order valence-corrected chi connectivity index (χ4v) is 3.02. The van der Waals surface area contributed by atoms with Gasteiger partial charge in [0.05, 0.1) is 0 Å². The summed E-state index contributed by atoms with van der Waals surface area (Å²) in [7, 11) is 2.87. The van der Waals surface area contributed by atoms with Crippen molar-refractivity contribution >= 4 is 14.5 Å². The van der Waals surface area contributed by atoms with E-state index in [4.69, 9.17) is 0 Å². The number of aryl methyl sites for hydroxylation is 2. The van der Waals surface area contributed by atoms with Crippen LogP contribution in [0.3, 0.4) is 0 Å². The van der Waals surface area contributed by atoms with Crippen LogP contribution in [-0.2, 0) is 0 Å². The van der Waals surface area contributed by atoms with E-state index in [0.29, 0.717) is 0 Å². The van der Waals surface area contributed by atoms with Gasteiger partial charge in [0.1, 0.15) is 0 Å². The van der Waals surface area contributed by atoms with Crippen molar-refractivity contribution in [2.75, 3.05) is 0 Å². The molecule has 0 fully saturated rings. The molecular weight excluding hydrogens is 271 g/mol. The number of hydrogen-bond acceptors (Lipinski definition) is 0. The summed E-state index contributed by atoms with van der Waals surface area (Å²) in [6.07, 6.45) is 0. The second-order valence-electron chi connectivity index (χ2n) is 5.50. The van der Waals surface area contributed by atoms with E-state index in [1.165, 1.54) is 38.7 Å². The van der Waals surface area contributed by atoms with Crippen LogP contribution in [0.25, 0.3) is 22.3 Å². The number of hydrogen-bond donors (Lipinski definition) is 0. The Balaban J connectivity index is 2.20. The minimum atomic E-state index is 1.23. The molecule has 0 nitrogen and oxygen atoms in total. The molecule has 104 valence electrons. The summed E-state index contributed by atoms with van der Waals surface area (Å²) < 4.78 is 0. The Morgan fingerprint density at radius 3 is 1.71 bits per heavy atom. The van der Waals surface area contributed by atoms with Gasteiger partial charge in [-0.3, -0.25) is 0 Å². The number of benzene rings is 3. The summed E-state index contributed by atoms with van der Waals surface area (Å²) in [5, 5.41) is 1.23. The average molecular weight is 290 g/mol. The molecule has 0 spiro atoms. The third-order valence-electron chi connectivity index (χ3n) is 3.80. The van der Waals surface area contributed by atoms with Gasteiger partial charge in [-0.15, -0.1) is 9.24 Å².